The van der Waals surface area contributed by atoms with Gasteiger partial charge in [0.05, 0.1) is 25.7 Å². The predicted molar refractivity (Wildman–Crippen MR) is 99.0 cm³/mol. The zero-order chi connectivity index (χ0) is 18.5. The number of aromatic nitrogens is 3. The van der Waals surface area contributed by atoms with E-state index < -0.39 is 0 Å². The lowest BCUT2D eigenvalue weighted by Gasteiger charge is -2.07. The normalized spacial score (nSPS) is 10.6. The van der Waals surface area contributed by atoms with Gasteiger partial charge in [0.2, 0.25) is 11.8 Å². The van der Waals surface area contributed by atoms with Crippen LogP contribution in [0.4, 0.5) is 5.13 Å². The smallest absolute Gasteiger partial charge is 0.277 e. The molecule has 0 aliphatic heterocycles. The molecule has 0 radical (unpaired) electrons. The number of hydrogen-bond acceptors (Lipinski definition) is 9. The molecule has 0 fully saturated rings. The zero-order valence-electron chi connectivity index (χ0n) is 14.3. The molecule has 0 bridgehead atoms. The Balaban J connectivity index is 1.62. The third-order valence-electron chi connectivity index (χ3n) is 3.23. The molecule has 10 heteroatoms. The number of rotatable bonds is 7. The van der Waals surface area contributed by atoms with E-state index in [1.165, 1.54) is 11.3 Å². The summed E-state index contributed by atoms with van der Waals surface area (Å²) in [6, 6.07) is 5.30. The first-order chi connectivity index (χ1) is 12.6. The van der Waals surface area contributed by atoms with Crippen LogP contribution in [0.2, 0.25) is 0 Å². The van der Waals surface area contributed by atoms with Gasteiger partial charge in [-0.1, -0.05) is 11.8 Å². The number of amides is 1. The van der Waals surface area contributed by atoms with Gasteiger partial charge in [-0.3, -0.25) is 4.79 Å². The second-order valence-electron chi connectivity index (χ2n) is 5.07. The summed E-state index contributed by atoms with van der Waals surface area (Å²) in [5.74, 6) is 1.47. The van der Waals surface area contributed by atoms with E-state index in [9.17, 15) is 4.79 Å². The molecule has 1 amide bonds. The SMILES string of the molecule is COc1ccc(-c2nnc(SCC(=O)Nc3nc(C)cs3)o2)cc1OC. The van der Waals surface area contributed by atoms with Crippen molar-refractivity contribution in [2.24, 2.45) is 0 Å². The van der Waals surface area contributed by atoms with Crippen molar-refractivity contribution < 1.29 is 18.7 Å². The van der Waals surface area contributed by atoms with Gasteiger partial charge in [-0.05, 0) is 25.1 Å². The number of carbonyl (C=O) groups is 1. The molecule has 2 heterocycles. The van der Waals surface area contributed by atoms with Crippen molar-refractivity contribution in [3.8, 4) is 23.0 Å². The highest BCUT2D eigenvalue weighted by Crippen LogP contribution is 2.32. The molecule has 2 aromatic heterocycles. The number of thiazole rings is 1. The number of ether oxygens (including phenoxy) is 2. The van der Waals surface area contributed by atoms with E-state index in [2.05, 4.69) is 20.5 Å². The van der Waals surface area contributed by atoms with Crippen LogP contribution < -0.4 is 14.8 Å². The lowest BCUT2D eigenvalue weighted by Crippen LogP contribution is -2.13. The number of methoxy groups -OCH3 is 2. The van der Waals surface area contributed by atoms with Crippen molar-refractivity contribution in [1.29, 1.82) is 0 Å². The molecule has 0 saturated carbocycles. The van der Waals surface area contributed by atoms with Crippen LogP contribution in [0.3, 0.4) is 0 Å². The number of nitrogens with one attached hydrogen (secondary N) is 1. The highest BCUT2D eigenvalue weighted by atomic mass is 32.2. The van der Waals surface area contributed by atoms with Gasteiger partial charge < -0.3 is 19.2 Å². The minimum atomic E-state index is -0.185. The van der Waals surface area contributed by atoms with Gasteiger partial charge >= 0.3 is 0 Å². The Labute approximate surface area is 157 Å². The highest BCUT2D eigenvalue weighted by molar-refractivity contribution is 7.99. The first kappa shape index (κ1) is 18.2. The van der Waals surface area contributed by atoms with Gasteiger partial charge in [0.25, 0.3) is 5.22 Å². The quantitative estimate of drug-likeness (QED) is 0.612. The maximum Gasteiger partial charge on any atom is 0.277 e. The third kappa shape index (κ3) is 4.33. The molecule has 0 spiro atoms. The molecule has 0 aliphatic rings. The number of benzene rings is 1. The van der Waals surface area contributed by atoms with Gasteiger partial charge in [-0.25, -0.2) is 4.98 Å². The van der Waals surface area contributed by atoms with Gasteiger partial charge in [0, 0.05) is 10.9 Å². The Kier molecular flexibility index (Phi) is 5.74. The van der Waals surface area contributed by atoms with Crippen LogP contribution in [-0.4, -0.2) is 41.1 Å². The topological polar surface area (TPSA) is 99.4 Å². The molecule has 1 aromatic carbocycles. The van der Waals surface area contributed by atoms with Crippen LogP contribution in [0.5, 0.6) is 11.5 Å². The van der Waals surface area contributed by atoms with E-state index >= 15 is 0 Å². The van der Waals surface area contributed by atoms with Crippen molar-refractivity contribution >= 4 is 34.1 Å². The Morgan fingerprint density at radius 1 is 1.27 bits per heavy atom. The third-order valence-corrected chi connectivity index (χ3v) is 4.92. The van der Waals surface area contributed by atoms with Crippen molar-refractivity contribution in [1.82, 2.24) is 15.2 Å². The fraction of sp³-hybridized carbons (Fsp3) is 0.250. The maximum absolute atomic E-state index is 11.9. The van der Waals surface area contributed by atoms with Crippen molar-refractivity contribution in [3.63, 3.8) is 0 Å². The highest BCUT2D eigenvalue weighted by Gasteiger charge is 2.14. The molecule has 26 heavy (non-hydrogen) atoms. The largest absolute Gasteiger partial charge is 0.493 e. The molecule has 1 N–H and O–H groups in total. The molecule has 3 rings (SSSR count). The fourth-order valence-corrected chi connectivity index (χ4v) is 3.32. The summed E-state index contributed by atoms with van der Waals surface area (Å²) in [4.78, 5) is 16.1. The molecule has 136 valence electrons. The van der Waals surface area contributed by atoms with Crippen LogP contribution in [-0.2, 0) is 4.79 Å². The molecule has 0 aliphatic carbocycles. The summed E-state index contributed by atoms with van der Waals surface area (Å²) in [5.41, 5.74) is 1.57. The van der Waals surface area contributed by atoms with E-state index in [1.807, 2.05) is 12.3 Å². The molecule has 8 nitrogen and oxygen atoms in total. The Hall–Kier alpha value is -2.59. The van der Waals surface area contributed by atoms with Crippen molar-refractivity contribution in [3.05, 3.63) is 29.3 Å². The van der Waals surface area contributed by atoms with Gasteiger partial charge in [0.15, 0.2) is 16.6 Å². The summed E-state index contributed by atoms with van der Waals surface area (Å²) in [7, 11) is 3.12. The first-order valence-corrected chi connectivity index (χ1v) is 9.36. The average molecular weight is 392 g/mol. The summed E-state index contributed by atoms with van der Waals surface area (Å²) in [5, 5.41) is 13.4. The zero-order valence-corrected chi connectivity index (χ0v) is 15.9. The number of anilines is 1. The molecule has 0 atom stereocenters. The number of nitrogens with zero attached hydrogens (tertiary/aromatic N) is 3. The number of thioether (sulfide) groups is 1. The summed E-state index contributed by atoms with van der Waals surface area (Å²) in [6.45, 7) is 1.87. The lowest BCUT2D eigenvalue weighted by molar-refractivity contribution is -0.113. The summed E-state index contributed by atoms with van der Waals surface area (Å²) in [6.07, 6.45) is 0. The standard InChI is InChI=1S/C16H16N4O4S2/c1-9-7-25-15(17-9)18-13(21)8-26-16-20-19-14(24-16)10-4-5-11(22-2)12(6-10)23-3/h4-7H,8H2,1-3H3,(H,17,18,21). The number of carbonyl (C=O) groups excluding carboxylic acids is 1. The lowest BCUT2D eigenvalue weighted by atomic mass is 10.2. The molecule has 3 aromatic rings. The molecule has 0 saturated heterocycles. The number of aryl methyl sites for hydroxylation is 1. The second kappa shape index (κ2) is 8.19. The summed E-state index contributed by atoms with van der Waals surface area (Å²) >= 11 is 2.54. The van der Waals surface area contributed by atoms with E-state index in [4.69, 9.17) is 13.9 Å². The van der Waals surface area contributed by atoms with Crippen LogP contribution in [0.15, 0.2) is 33.2 Å². The van der Waals surface area contributed by atoms with Gasteiger partial charge in [0.1, 0.15) is 0 Å². The van der Waals surface area contributed by atoms with Crippen LogP contribution in [0, 0.1) is 6.92 Å². The van der Waals surface area contributed by atoms with Crippen LogP contribution >= 0.6 is 23.1 Å². The van der Waals surface area contributed by atoms with E-state index in [-0.39, 0.29) is 11.7 Å². The van der Waals surface area contributed by atoms with E-state index in [0.29, 0.717) is 33.3 Å². The van der Waals surface area contributed by atoms with Crippen molar-refractivity contribution in [2.75, 3.05) is 25.3 Å². The van der Waals surface area contributed by atoms with E-state index in [0.717, 1.165) is 17.5 Å². The first-order valence-electron chi connectivity index (χ1n) is 7.49. The van der Waals surface area contributed by atoms with Gasteiger partial charge in [-0.2, -0.15) is 0 Å². The molecular weight excluding hydrogens is 376 g/mol. The second-order valence-corrected chi connectivity index (χ2v) is 6.86. The monoisotopic (exact) mass is 392 g/mol. The minimum Gasteiger partial charge on any atom is -0.493 e. The van der Waals surface area contributed by atoms with Crippen LogP contribution in [0.25, 0.3) is 11.5 Å². The molecule has 0 unspecified atom stereocenters. The van der Waals surface area contributed by atoms with Gasteiger partial charge in [-0.15, -0.1) is 21.5 Å². The Morgan fingerprint density at radius 2 is 2.08 bits per heavy atom. The molecular formula is C16H16N4O4S2. The van der Waals surface area contributed by atoms with E-state index in [1.54, 1.807) is 32.4 Å². The maximum atomic E-state index is 11.9. The average Bonchev–Trinajstić information content (AvgIpc) is 3.28. The Morgan fingerprint density at radius 3 is 2.77 bits per heavy atom. The van der Waals surface area contributed by atoms with Crippen molar-refractivity contribution in [2.45, 2.75) is 12.1 Å². The fourth-order valence-electron chi connectivity index (χ4n) is 2.05. The number of hydrogen-bond donors (Lipinski definition) is 1. The van der Waals surface area contributed by atoms with Crippen LogP contribution in [0.1, 0.15) is 5.69 Å². The predicted octanol–water partition coefficient (Wildman–Crippen LogP) is 3.25. The summed E-state index contributed by atoms with van der Waals surface area (Å²) < 4.78 is 16.1. The minimum absolute atomic E-state index is 0.145. The Bertz CT molecular complexity index is 909.